The molecule has 5 nitrogen and oxygen atoms in total. The normalized spacial score (nSPS) is 12.1. The largest absolute Gasteiger partial charge is 0.489 e. The molecule has 1 heterocycles. The first kappa shape index (κ1) is 22.4. The van der Waals surface area contributed by atoms with Crippen LogP contribution in [0.15, 0.2) is 77.4 Å². The Morgan fingerprint density at radius 3 is 2.66 bits per heavy atom. The van der Waals surface area contributed by atoms with Crippen LogP contribution in [0.3, 0.4) is 0 Å². The number of carboxylic acid groups (broad SMARTS) is 1. The standard InChI is InChI=1S/C25H22BrClN2O3/c26-19-9-10-24(32-15-16-5-1-3-7-21(16)27)18(11-19)14-29-23(25(30)31)12-17-13-28-22-8-4-2-6-20(17)22/h1-11,13,23,28-29H,12,14-15H2,(H,30,31). The molecule has 0 saturated carbocycles. The Morgan fingerprint density at radius 2 is 1.84 bits per heavy atom. The maximum absolute atomic E-state index is 12.0. The van der Waals surface area contributed by atoms with Crippen molar-refractivity contribution in [1.29, 1.82) is 0 Å². The van der Waals surface area contributed by atoms with E-state index >= 15 is 0 Å². The van der Waals surface area contributed by atoms with Gasteiger partial charge >= 0.3 is 5.97 Å². The smallest absolute Gasteiger partial charge is 0.321 e. The molecule has 0 amide bonds. The minimum atomic E-state index is -0.899. The Kier molecular flexibility index (Phi) is 7.15. The third kappa shape index (κ3) is 5.33. The lowest BCUT2D eigenvalue weighted by molar-refractivity contribution is -0.139. The van der Waals surface area contributed by atoms with Crippen molar-refractivity contribution in [3.8, 4) is 5.75 Å². The lowest BCUT2D eigenvalue weighted by Gasteiger charge is -2.17. The maximum Gasteiger partial charge on any atom is 0.321 e. The zero-order valence-electron chi connectivity index (χ0n) is 17.1. The summed E-state index contributed by atoms with van der Waals surface area (Å²) in [5.74, 6) is -0.222. The first-order valence-corrected chi connectivity index (χ1v) is 11.3. The molecular weight excluding hydrogens is 492 g/mol. The number of aliphatic carboxylic acids is 1. The SMILES string of the molecule is O=C(O)C(Cc1c[nH]c2ccccc12)NCc1cc(Br)ccc1OCc1ccccc1Cl. The van der Waals surface area contributed by atoms with Crippen molar-refractivity contribution in [2.24, 2.45) is 0 Å². The predicted molar refractivity (Wildman–Crippen MR) is 130 cm³/mol. The topological polar surface area (TPSA) is 74.3 Å². The number of H-pyrrole nitrogens is 1. The lowest BCUT2D eigenvalue weighted by atomic mass is 10.0. The minimum Gasteiger partial charge on any atom is -0.489 e. The number of hydrogen-bond acceptors (Lipinski definition) is 3. The highest BCUT2D eigenvalue weighted by molar-refractivity contribution is 9.10. The number of ether oxygens (including phenoxy) is 1. The molecule has 4 aromatic rings. The number of fused-ring (bicyclic) bond motifs is 1. The summed E-state index contributed by atoms with van der Waals surface area (Å²) in [5.41, 5.74) is 3.70. The van der Waals surface area contributed by atoms with E-state index in [4.69, 9.17) is 16.3 Å². The second kappa shape index (κ2) is 10.2. The summed E-state index contributed by atoms with van der Waals surface area (Å²) in [6.45, 7) is 0.669. The van der Waals surface area contributed by atoms with Crippen LogP contribution in [-0.4, -0.2) is 22.1 Å². The zero-order valence-corrected chi connectivity index (χ0v) is 19.5. The average molecular weight is 514 g/mol. The van der Waals surface area contributed by atoms with Crippen LogP contribution in [0.5, 0.6) is 5.75 Å². The Hall–Kier alpha value is -2.80. The molecule has 0 aliphatic carbocycles. The summed E-state index contributed by atoms with van der Waals surface area (Å²) >= 11 is 9.73. The highest BCUT2D eigenvalue weighted by atomic mass is 79.9. The summed E-state index contributed by atoms with van der Waals surface area (Å²) in [6.07, 6.45) is 2.24. The molecule has 0 spiro atoms. The average Bonchev–Trinajstić information content (AvgIpc) is 3.19. The van der Waals surface area contributed by atoms with Gasteiger partial charge in [0, 0.05) is 50.7 Å². The van der Waals surface area contributed by atoms with Gasteiger partial charge in [-0.25, -0.2) is 0 Å². The minimum absolute atomic E-state index is 0.325. The van der Waals surface area contributed by atoms with Crippen LogP contribution in [0.25, 0.3) is 10.9 Å². The predicted octanol–water partition coefficient (Wildman–Crippen LogP) is 5.95. The summed E-state index contributed by atoms with van der Waals surface area (Å²) in [7, 11) is 0. The number of aromatic amines is 1. The highest BCUT2D eigenvalue weighted by Crippen LogP contribution is 2.26. The van der Waals surface area contributed by atoms with E-state index in [1.807, 2.05) is 72.9 Å². The van der Waals surface area contributed by atoms with Gasteiger partial charge in [0.1, 0.15) is 18.4 Å². The Balaban J connectivity index is 1.48. The molecule has 0 aliphatic rings. The van der Waals surface area contributed by atoms with E-state index in [1.165, 1.54) is 0 Å². The summed E-state index contributed by atoms with van der Waals surface area (Å²) in [5, 5.41) is 14.7. The Morgan fingerprint density at radius 1 is 1.06 bits per heavy atom. The molecule has 0 bridgehead atoms. The van der Waals surface area contributed by atoms with Gasteiger partial charge in [0.2, 0.25) is 0 Å². The lowest BCUT2D eigenvalue weighted by Crippen LogP contribution is -2.38. The molecule has 0 radical (unpaired) electrons. The van der Waals surface area contributed by atoms with E-state index in [1.54, 1.807) is 0 Å². The molecule has 0 fully saturated rings. The number of rotatable bonds is 9. The fraction of sp³-hybridized carbons (Fsp3) is 0.160. The number of benzene rings is 3. The van der Waals surface area contributed by atoms with Crippen LogP contribution in [0.1, 0.15) is 16.7 Å². The number of hydrogen-bond donors (Lipinski definition) is 3. The molecule has 1 unspecified atom stereocenters. The van der Waals surface area contributed by atoms with Crippen molar-refractivity contribution in [1.82, 2.24) is 10.3 Å². The number of nitrogens with one attached hydrogen (secondary N) is 2. The van der Waals surface area contributed by atoms with Gasteiger partial charge < -0.3 is 14.8 Å². The van der Waals surface area contributed by atoms with Gasteiger partial charge in [-0.15, -0.1) is 0 Å². The molecule has 164 valence electrons. The van der Waals surface area contributed by atoms with Gasteiger partial charge in [-0.05, 0) is 35.9 Å². The van der Waals surface area contributed by atoms with E-state index in [9.17, 15) is 9.90 Å². The van der Waals surface area contributed by atoms with Crippen molar-refractivity contribution in [3.63, 3.8) is 0 Å². The fourth-order valence-electron chi connectivity index (χ4n) is 3.60. The van der Waals surface area contributed by atoms with Crippen molar-refractivity contribution >= 4 is 44.4 Å². The molecule has 32 heavy (non-hydrogen) atoms. The molecule has 1 aromatic heterocycles. The molecule has 3 N–H and O–H groups in total. The van der Waals surface area contributed by atoms with E-state index in [-0.39, 0.29) is 0 Å². The zero-order chi connectivity index (χ0) is 22.5. The van der Waals surface area contributed by atoms with Crippen LogP contribution >= 0.6 is 27.5 Å². The van der Waals surface area contributed by atoms with Gasteiger partial charge in [0.25, 0.3) is 0 Å². The number of para-hydroxylation sites is 1. The van der Waals surface area contributed by atoms with Crippen molar-refractivity contribution in [2.75, 3.05) is 0 Å². The first-order chi connectivity index (χ1) is 15.5. The van der Waals surface area contributed by atoms with Gasteiger partial charge in [-0.2, -0.15) is 0 Å². The second-order valence-electron chi connectivity index (χ2n) is 7.47. The molecule has 1 atom stereocenters. The number of carbonyl (C=O) groups is 1. The van der Waals surface area contributed by atoms with Crippen LogP contribution in [0, 0.1) is 0 Å². The Labute approximate surface area is 199 Å². The van der Waals surface area contributed by atoms with Crippen molar-refractivity contribution < 1.29 is 14.6 Å². The van der Waals surface area contributed by atoms with Crippen LogP contribution in [0.2, 0.25) is 5.02 Å². The Bertz CT molecular complexity index is 1240. The molecular formula is C25H22BrClN2O3. The quantitative estimate of drug-likeness (QED) is 0.259. The maximum atomic E-state index is 12.0. The van der Waals surface area contributed by atoms with Crippen LogP contribution < -0.4 is 10.1 Å². The number of carboxylic acids is 1. The monoisotopic (exact) mass is 512 g/mol. The van der Waals surface area contributed by atoms with E-state index in [2.05, 4.69) is 26.2 Å². The van der Waals surface area contributed by atoms with Gasteiger partial charge in [0.15, 0.2) is 0 Å². The van der Waals surface area contributed by atoms with E-state index in [0.717, 1.165) is 32.1 Å². The van der Waals surface area contributed by atoms with Gasteiger partial charge in [0.05, 0.1) is 0 Å². The van der Waals surface area contributed by atoms with Crippen LogP contribution in [0.4, 0.5) is 0 Å². The highest BCUT2D eigenvalue weighted by Gasteiger charge is 2.20. The summed E-state index contributed by atoms with van der Waals surface area (Å²) in [4.78, 5) is 15.2. The summed E-state index contributed by atoms with van der Waals surface area (Å²) < 4.78 is 6.91. The van der Waals surface area contributed by atoms with Crippen LogP contribution in [-0.2, 0) is 24.4 Å². The number of halogens is 2. The fourth-order valence-corrected chi connectivity index (χ4v) is 4.20. The third-order valence-electron chi connectivity index (χ3n) is 5.30. The molecule has 3 aromatic carbocycles. The number of aromatic nitrogens is 1. The van der Waals surface area contributed by atoms with E-state index < -0.39 is 12.0 Å². The molecule has 4 rings (SSSR count). The third-order valence-corrected chi connectivity index (χ3v) is 6.16. The first-order valence-electron chi connectivity index (χ1n) is 10.2. The molecule has 0 aliphatic heterocycles. The van der Waals surface area contributed by atoms with E-state index in [0.29, 0.717) is 30.3 Å². The second-order valence-corrected chi connectivity index (χ2v) is 8.79. The van der Waals surface area contributed by atoms with Gasteiger partial charge in [-0.1, -0.05) is 63.9 Å². The van der Waals surface area contributed by atoms with Gasteiger partial charge in [-0.3, -0.25) is 10.1 Å². The molecule has 0 saturated heterocycles. The summed E-state index contributed by atoms with van der Waals surface area (Å²) in [6, 6.07) is 20.4. The molecule has 7 heteroatoms. The van der Waals surface area contributed by atoms with Crippen molar-refractivity contribution in [2.45, 2.75) is 25.6 Å². The van der Waals surface area contributed by atoms with Crippen molar-refractivity contribution in [3.05, 3.63) is 99.1 Å².